The number of fused-ring (bicyclic) bond motifs is 2. The van der Waals surface area contributed by atoms with E-state index in [2.05, 4.69) is 138 Å². The highest BCUT2D eigenvalue weighted by Crippen LogP contribution is 2.37. The van der Waals surface area contributed by atoms with Gasteiger partial charge in [0.25, 0.3) is 5.69 Å². The van der Waals surface area contributed by atoms with E-state index in [1.165, 1.54) is 33.4 Å². The van der Waals surface area contributed by atoms with Crippen molar-refractivity contribution in [2.75, 3.05) is 29.6 Å². The Kier molecular flexibility index (Phi) is 10.4. The summed E-state index contributed by atoms with van der Waals surface area (Å²) in [6, 6.07) is 52.6. The first kappa shape index (κ1) is 35.6. The summed E-state index contributed by atoms with van der Waals surface area (Å²) in [6.45, 7) is 4.21. The number of non-ortho nitro benzene ring substituents is 1. The van der Waals surface area contributed by atoms with Crippen molar-refractivity contribution in [1.82, 2.24) is 9.97 Å². The van der Waals surface area contributed by atoms with Crippen molar-refractivity contribution in [3.8, 4) is 0 Å². The van der Waals surface area contributed by atoms with Crippen LogP contribution in [-0.2, 0) is 0 Å². The number of nitrogens with one attached hydrogen (secondary N) is 4. The highest BCUT2D eigenvalue weighted by atomic mass is 16.6. The Balaban J connectivity index is 0.000000167. The van der Waals surface area contributed by atoms with Crippen LogP contribution >= 0.6 is 0 Å². The second-order valence-electron chi connectivity index (χ2n) is 13.6. The lowest BCUT2D eigenvalue weighted by atomic mass is 9.95. The molecule has 0 bridgehead atoms. The van der Waals surface area contributed by atoms with E-state index < -0.39 is 0 Å². The molecule has 0 fully saturated rings. The largest absolute Gasteiger partial charge is 0.378 e. The van der Waals surface area contributed by atoms with E-state index in [-0.39, 0.29) is 22.7 Å². The van der Waals surface area contributed by atoms with Gasteiger partial charge in [-0.15, -0.1) is 0 Å². The van der Waals surface area contributed by atoms with Gasteiger partial charge in [0.1, 0.15) is 0 Å². The maximum absolute atomic E-state index is 11.0. The van der Waals surface area contributed by atoms with Gasteiger partial charge in [-0.2, -0.15) is 0 Å². The van der Waals surface area contributed by atoms with Crippen molar-refractivity contribution in [2.24, 2.45) is 0 Å². The molecule has 0 aliphatic carbocycles. The summed E-state index contributed by atoms with van der Waals surface area (Å²) in [5.41, 5.74) is 12.6. The molecule has 8 heteroatoms. The number of hydrogen-bond donors (Lipinski definition) is 4. The molecule has 4 N–H and O–H groups in total. The molecule has 2 heterocycles. The van der Waals surface area contributed by atoms with E-state index in [4.69, 9.17) is 0 Å². The third-order valence-electron chi connectivity index (χ3n) is 9.81. The molecule has 2 unspecified atom stereocenters. The van der Waals surface area contributed by atoms with Crippen molar-refractivity contribution in [2.45, 2.75) is 25.9 Å². The minimum Gasteiger partial charge on any atom is -0.378 e. The summed E-state index contributed by atoms with van der Waals surface area (Å²) in [4.78, 5) is 19.8. The Hall–Kier alpha value is -6.80. The summed E-state index contributed by atoms with van der Waals surface area (Å²) >= 11 is 0. The van der Waals surface area contributed by atoms with E-state index in [0.717, 1.165) is 39.1 Å². The quantitative estimate of drug-likeness (QED) is 0.0835. The summed E-state index contributed by atoms with van der Waals surface area (Å²) < 4.78 is 0. The van der Waals surface area contributed by atoms with Gasteiger partial charge in [-0.05, 0) is 85.6 Å². The van der Waals surface area contributed by atoms with E-state index in [9.17, 15) is 10.1 Å². The molecule has 8 nitrogen and oxygen atoms in total. The summed E-state index contributed by atoms with van der Waals surface area (Å²) in [5, 5.41) is 20.8. The second kappa shape index (κ2) is 15.8. The van der Waals surface area contributed by atoms with Crippen LogP contribution in [0.15, 0.2) is 158 Å². The summed E-state index contributed by atoms with van der Waals surface area (Å²) in [7, 11) is 4.14. The normalized spacial score (nSPS) is 12.1. The molecule has 0 radical (unpaired) electrons. The number of anilines is 3. The first-order valence-corrected chi connectivity index (χ1v) is 18.1. The van der Waals surface area contributed by atoms with Crippen LogP contribution in [0.25, 0.3) is 21.8 Å². The van der Waals surface area contributed by atoms with Crippen LogP contribution in [0.4, 0.5) is 22.7 Å². The predicted molar refractivity (Wildman–Crippen MR) is 224 cm³/mol. The molecule has 0 saturated heterocycles. The van der Waals surface area contributed by atoms with Gasteiger partial charge in [0.05, 0.1) is 17.0 Å². The van der Waals surface area contributed by atoms with Crippen molar-refractivity contribution >= 4 is 44.6 Å². The molecule has 0 spiro atoms. The average Bonchev–Trinajstić information content (AvgIpc) is 3.72. The van der Waals surface area contributed by atoms with Crippen LogP contribution in [0, 0.1) is 24.0 Å². The Bertz CT molecular complexity index is 2470. The van der Waals surface area contributed by atoms with E-state index in [1.54, 1.807) is 12.1 Å². The molecule has 54 heavy (non-hydrogen) atoms. The molecule has 8 aromatic rings. The van der Waals surface area contributed by atoms with Gasteiger partial charge in [0, 0.05) is 87.6 Å². The lowest BCUT2D eigenvalue weighted by molar-refractivity contribution is -0.384. The minimum atomic E-state index is -0.375. The van der Waals surface area contributed by atoms with Gasteiger partial charge in [-0.1, -0.05) is 84.9 Å². The number of benzene rings is 6. The standard InChI is InChI=1S/C24H25N3.C22H19N3O2/c1-17-23(21-11-7-8-12-22(21)25-17)24(26-19-9-5-4-6-10-19)18-13-15-20(16-14-18)27(2)3;1-15-21(19-9-5-6-10-20(19)23-15)22(24-17-7-3-2-4-8-17)16-11-13-18(14-12-16)25(26)27/h4-16,24-26H,1-3H3;2-14,22-24H,1H3. The number of para-hydroxylation sites is 4. The number of H-pyrrole nitrogens is 2. The number of aromatic nitrogens is 2. The number of hydrogen-bond acceptors (Lipinski definition) is 5. The van der Waals surface area contributed by atoms with Crippen LogP contribution < -0.4 is 15.5 Å². The van der Waals surface area contributed by atoms with E-state index in [0.29, 0.717) is 0 Å². The third kappa shape index (κ3) is 7.68. The molecular formula is C46H44N6O2. The number of nitrogens with zero attached hydrogens (tertiary/aromatic N) is 2. The Morgan fingerprint density at radius 2 is 0.926 bits per heavy atom. The first-order valence-electron chi connectivity index (χ1n) is 18.1. The van der Waals surface area contributed by atoms with Gasteiger partial charge in [-0.25, -0.2) is 0 Å². The molecule has 2 aromatic heterocycles. The fourth-order valence-corrected chi connectivity index (χ4v) is 7.14. The van der Waals surface area contributed by atoms with Crippen molar-refractivity contribution in [3.05, 3.63) is 201 Å². The number of aryl methyl sites for hydroxylation is 2. The van der Waals surface area contributed by atoms with Gasteiger partial charge < -0.3 is 25.5 Å². The molecule has 0 amide bonds. The second-order valence-corrected chi connectivity index (χ2v) is 13.6. The molecule has 0 aliphatic heterocycles. The van der Waals surface area contributed by atoms with Gasteiger partial charge >= 0.3 is 0 Å². The third-order valence-corrected chi connectivity index (χ3v) is 9.81. The number of aromatic amines is 2. The van der Waals surface area contributed by atoms with Gasteiger partial charge in [0.2, 0.25) is 0 Å². The number of nitro benzene ring substituents is 1. The number of rotatable bonds is 10. The smallest absolute Gasteiger partial charge is 0.269 e. The fourth-order valence-electron chi connectivity index (χ4n) is 7.14. The van der Waals surface area contributed by atoms with Crippen LogP contribution in [0.1, 0.15) is 45.7 Å². The maximum atomic E-state index is 11.0. The molecule has 8 rings (SSSR count). The fraction of sp³-hybridized carbons (Fsp3) is 0.130. The first-order chi connectivity index (χ1) is 26.3. The maximum Gasteiger partial charge on any atom is 0.269 e. The van der Waals surface area contributed by atoms with Crippen LogP contribution in [-0.4, -0.2) is 29.0 Å². The molecular weight excluding hydrogens is 669 g/mol. The summed E-state index contributed by atoms with van der Waals surface area (Å²) in [5.74, 6) is 0. The lowest BCUT2D eigenvalue weighted by Gasteiger charge is -2.23. The molecule has 2 atom stereocenters. The average molecular weight is 713 g/mol. The molecule has 6 aromatic carbocycles. The monoisotopic (exact) mass is 712 g/mol. The molecule has 0 aliphatic rings. The summed E-state index contributed by atoms with van der Waals surface area (Å²) in [6.07, 6.45) is 0. The van der Waals surface area contributed by atoms with Crippen molar-refractivity contribution in [3.63, 3.8) is 0 Å². The lowest BCUT2D eigenvalue weighted by Crippen LogP contribution is -2.14. The SMILES string of the molecule is Cc1[nH]c2ccccc2c1C(Nc1ccccc1)c1ccc(N(C)C)cc1.Cc1[nH]c2ccccc2c1C(Nc1ccccc1)c1ccc([N+](=O)[O-])cc1. The van der Waals surface area contributed by atoms with Crippen molar-refractivity contribution in [1.29, 1.82) is 0 Å². The topological polar surface area (TPSA) is 102 Å². The van der Waals surface area contributed by atoms with E-state index in [1.807, 2.05) is 60.7 Å². The molecule has 270 valence electrons. The highest BCUT2D eigenvalue weighted by molar-refractivity contribution is 5.87. The Labute approximate surface area is 315 Å². The van der Waals surface area contributed by atoms with Crippen LogP contribution in [0.3, 0.4) is 0 Å². The number of nitro groups is 1. The molecule has 0 saturated carbocycles. The van der Waals surface area contributed by atoms with E-state index >= 15 is 0 Å². The van der Waals surface area contributed by atoms with Gasteiger partial charge in [-0.3, -0.25) is 10.1 Å². The Morgan fingerprint density at radius 1 is 0.537 bits per heavy atom. The zero-order valence-corrected chi connectivity index (χ0v) is 30.9. The zero-order chi connectivity index (χ0) is 37.6. The van der Waals surface area contributed by atoms with Gasteiger partial charge in [0.15, 0.2) is 0 Å². The Morgan fingerprint density at radius 3 is 1.33 bits per heavy atom. The highest BCUT2D eigenvalue weighted by Gasteiger charge is 2.23. The van der Waals surface area contributed by atoms with Crippen molar-refractivity contribution < 1.29 is 4.92 Å². The zero-order valence-electron chi connectivity index (χ0n) is 30.9. The minimum absolute atomic E-state index is 0.0692. The predicted octanol–water partition coefficient (Wildman–Crippen LogP) is 11.3. The van der Waals surface area contributed by atoms with Crippen LogP contribution in [0.5, 0.6) is 0 Å². The van der Waals surface area contributed by atoms with Crippen LogP contribution in [0.2, 0.25) is 0 Å².